The van der Waals surface area contributed by atoms with Gasteiger partial charge in [-0.15, -0.1) is 0 Å². The number of rotatable bonds is 7. The molecular formula is C15H24N4O6S. The number of nitrogens with two attached hydrogens (primary N) is 1. The molecule has 1 saturated heterocycles. The zero-order valence-electron chi connectivity index (χ0n) is 15.0. The average Bonchev–Trinajstić information content (AvgIpc) is 2.89. The fourth-order valence-corrected chi connectivity index (χ4v) is 3.13. The molecular weight excluding hydrogens is 364 g/mol. The Hall–Kier alpha value is -1.79. The number of hydrogen-bond acceptors (Lipinski definition) is 8. The zero-order chi connectivity index (χ0) is 19.5. The van der Waals surface area contributed by atoms with Gasteiger partial charge in [-0.3, -0.25) is 4.57 Å². The molecule has 146 valence electrons. The monoisotopic (exact) mass is 388 g/mol. The minimum atomic E-state index is -3.58. The topological polar surface area (TPSA) is 135 Å². The van der Waals surface area contributed by atoms with Gasteiger partial charge in [0.1, 0.15) is 24.1 Å². The third-order valence-electron chi connectivity index (χ3n) is 3.78. The van der Waals surface area contributed by atoms with Crippen LogP contribution in [0.2, 0.25) is 0 Å². The van der Waals surface area contributed by atoms with E-state index in [-0.39, 0.29) is 11.9 Å². The number of methoxy groups -OCH3 is 1. The van der Waals surface area contributed by atoms with E-state index in [1.54, 1.807) is 0 Å². The molecule has 1 aromatic rings. The molecule has 1 aromatic heterocycles. The minimum absolute atomic E-state index is 0.0877. The van der Waals surface area contributed by atoms with E-state index >= 15 is 0 Å². The van der Waals surface area contributed by atoms with Crippen LogP contribution in [0, 0.1) is 0 Å². The summed E-state index contributed by atoms with van der Waals surface area (Å²) >= 11 is 0. The fourth-order valence-electron chi connectivity index (χ4n) is 2.63. The van der Waals surface area contributed by atoms with Gasteiger partial charge in [0.15, 0.2) is 6.23 Å². The normalized spacial score (nSPS) is 26.8. The number of hydrogen-bond donors (Lipinski definition) is 2. The molecule has 0 bridgehead atoms. The van der Waals surface area contributed by atoms with Crippen molar-refractivity contribution in [3.05, 3.63) is 34.2 Å². The summed E-state index contributed by atoms with van der Waals surface area (Å²) in [7, 11) is -0.818. The Morgan fingerprint density at radius 3 is 2.65 bits per heavy atom. The lowest BCUT2D eigenvalue weighted by molar-refractivity contribution is -0.0768. The van der Waals surface area contributed by atoms with Gasteiger partial charge in [-0.05, 0) is 33.0 Å². The maximum atomic E-state index is 12.2. The van der Waals surface area contributed by atoms with Gasteiger partial charge >= 0.3 is 5.69 Å². The standard InChI is InChI=1S/C15H24N4O6S/c1-9(2)24-12-10(6-8-26(21,22)17-3)25-14(13(12)23-4)19-7-5-11(16)18-15(19)20/h5-10,12-14,17H,1-4H3,(H2,16,18,20)/b8-6+/t10-,12-,13-,14?/m1/s1. The number of ether oxygens (including phenoxy) is 3. The van der Waals surface area contributed by atoms with Crippen LogP contribution in [0.4, 0.5) is 5.82 Å². The number of nitrogens with zero attached hydrogens (tertiary/aromatic N) is 2. The van der Waals surface area contributed by atoms with Gasteiger partial charge in [-0.25, -0.2) is 17.9 Å². The summed E-state index contributed by atoms with van der Waals surface area (Å²) in [6.07, 6.45) is -0.246. The van der Waals surface area contributed by atoms with E-state index in [0.29, 0.717) is 0 Å². The van der Waals surface area contributed by atoms with Gasteiger partial charge in [0.05, 0.1) is 6.10 Å². The van der Waals surface area contributed by atoms with Gasteiger partial charge in [0.25, 0.3) is 0 Å². The highest BCUT2D eigenvalue weighted by Gasteiger charge is 2.46. The molecule has 0 radical (unpaired) electrons. The maximum Gasteiger partial charge on any atom is 0.351 e. The van der Waals surface area contributed by atoms with Crippen molar-refractivity contribution in [2.45, 2.75) is 44.5 Å². The summed E-state index contributed by atoms with van der Waals surface area (Å²) in [5.41, 5.74) is 4.91. The average molecular weight is 388 g/mol. The highest BCUT2D eigenvalue weighted by atomic mass is 32.2. The molecule has 0 aliphatic carbocycles. The highest BCUT2D eigenvalue weighted by Crippen LogP contribution is 2.34. The fraction of sp³-hybridized carbons (Fsp3) is 0.600. The van der Waals surface area contributed by atoms with E-state index in [0.717, 1.165) is 5.41 Å². The van der Waals surface area contributed by atoms with Crippen LogP contribution in [0.25, 0.3) is 0 Å². The van der Waals surface area contributed by atoms with Gasteiger partial charge in [-0.1, -0.05) is 0 Å². The molecule has 0 amide bonds. The van der Waals surface area contributed by atoms with Crippen molar-refractivity contribution >= 4 is 15.8 Å². The highest BCUT2D eigenvalue weighted by molar-refractivity contribution is 7.92. The summed E-state index contributed by atoms with van der Waals surface area (Å²) in [4.78, 5) is 15.8. The largest absolute Gasteiger partial charge is 0.383 e. The van der Waals surface area contributed by atoms with Crippen molar-refractivity contribution in [1.82, 2.24) is 14.3 Å². The lowest BCUT2D eigenvalue weighted by Gasteiger charge is -2.24. The molecule has 11 heteroatoms. The lowest BCUT2D eigenvalue weighted by atomic mass is 10.1. The molecule has 4 atom stereocenters. The number of anilines is 1. The summed E-state index contributed by atoms with van der Waals surface area (Å²) in [5, 5.41) is 0.994. The molecule has 3 N–H and O–H groups in total. The predicted molar refractivity (Wildman–Crippen MR) is 94.7 cm³/mol. The first-order chi connectivity index (χ1) is 12.2. The van der Waals surface area contributed by atoms with Crippen molar-refractivity contribution in [2.75, 3.05) is 19.9 Å². The Labute approximate surface area is 152 Å². The van der Waals surface area contributed by atoms with Gasteiger partial charge in [0.2, 0.25) is 10.0 Å². The van der Waals surface area contributed by atoms with Crippen molar-refractivity contribution in [2.24, 2.45) is 0 Å². The Morgan fingerprint density at radius 1 is 1.42 bits per heavy atom. The molecule has 10 nitrogen and oxygen atoms in total. The number of aromatic nitrogens is 2. The van der Waals surface area contributed by atoms with Crippen LogP contribution in [0.5, 0.6) is 0 Å². The SMILES string of the molecule is CNS(=O)(=O)/C=C/[C@H]1OC(n2ccc(N)nc2=O)[C@H](OC)[C@@H]1OC(C)C. The maximum absolute atomic E-state index is 12.2. The smallest absolute Gasteiger partial charge is 0.351 e. The van der Waals surface area contributed by atoms with Crippen LogP contribution in [0.3, 0.4) is 0 Å². The van der Waals surface area contributed by atoms with Gasteiger partial charge < -0.3 is 19.9 Å². The van der Waals surface area contributed by atoms with Gasteiger partial charge in [0, 0.05) is 18.7 Å². The number of sulfonamides is 1. The van der Waals surface area contributed by atoms with E-state index in [4.69, 9.17) is 19.9 Å². The van der Waals surface area contributed by atoms with E-state index in [1.807, 2.05) is 13.8 Å². The van der Waals surface area contributed by atoms with Crippen molar-refractivity contribution in [3.63, 3.8) is 0 Å². The summed E-state index contributed by atoms with van der Waals surface area (Å²) in [5.74, 6) is 0.0877. The molecule has 2 rings (SSSR count). The zero-order valence-corrected chi connectivity index (χ0v) is 15.8. The van der Waals surface area contributed by atoms with E-state index in [1.165, 1.54) is 37.1 Å². The first-order valence-electron chi connectivity index (χ1n) is 7.98. The minimum Gasteiger partial charge on any atom is -0.383 e. The quantitative estimate of drug-likeness (QED) is 0.644. The Kier molecular flexibility index (Phi) is 6.53. The second-order valence-electron chi connectivity index (χ2n) is 5.96. The van der Waals surface area contributed by atoms with Crippen LogP contribution in [-0.2, 0) is 24.2 Å². The second-order valence-corrected chi connectivity index (χ2v) is 7.73. The Morgan fingerprint density at radius 2 is 2.12 bits per heavy atom. The summed E-state index contributed by atoms with van der Waals surface area (Å²) < 4.78 is 44.0. The van der Waals surface area contributed by atoms with Crippen LogP contribution in [-0.4, -0.2) is 56.5 Å². The molecule has 26 heavy (non-hydrogen) atoms. The van der Waals surface area contributed by atoms with Crippen molar-refractivity contribution in [3.8, 4) is 0 Å². The Bertz CT molecular complexity index is 807. The van der Waals surface area contributed by atoms with Crippen LogP contribution in [0.1, 0.15) is 20.1 Å². The molecule has 0 saturated carbocycles. The predicted octanol–water partition coefficient (Wildman–Crippen LogP) is -0.406. The van der Waals surface area contributed by atoms with E-state index in [9.17, 15) is 13.2 Å². The van der Waals surface area contributed by atoms with Crippen LogP contribution in [0.15, 0.2) is 28.5 Å². The van der Waals surface area contributed by atoms with E-state index < -0.39 is 40.3 Å². The van der Waals surface area contributed by atoms with Crippen LogP contribution >= 0.6 is 0 Å². The third kappa shape index (κ3) is 4.68. The lowest BCUT2D eigenvalue weighted by Crippen LogP contribution is -2.39. The first-order valence-corrected chi connectivity index (χ1v) is 9.53. The molecule has 2 heterocycles. The second kappa shape index (κ2) is 8.27. The van der Waals surface area contributed by atoms with Crippen molar-refractivity contribution in [1.29, 1.82) is 0 Å². The molecule has 0 spiro atoms. The molecule has 1 aliphatic heterocycles. The molecule has 1 unspecified atom stereocenters. The summed E-state index contributed by atoms with van der Waals surface area (Å²) in [6.45, 7) is 3.67. The summed E-state index contributed by atoms with van der Waals surface area (Å²) in [6, 6.07) is 1.46. The molecule has 0 aromatic carbocycles. The van der Waals surface area contributed by atoms with Crippen LogP contribution < -0.4 is 16.1 Å². The van der Waals surface area contributed by atoms with Crippen molar-refractivity contribution < 1.29 is 22.6 Å². The molecule has 1 aliphatic rings. The molecule has 1 fully saturated rings. The number of nitrogens with one attached hydrogen (secondary N) is 1. The first kappa shape index (κ1) is 20.5. The van der Waals surface area contributed by atoms with E-state index in [2.05, 4.69) is 9.71 Å². The third-order valence-corrected chi connectivity index (χ3v) is 4.87. The van der Waals surface area contributed by atoms with Gasteiger partial charge in [-0.2, -0.15) is 4.98 Å². The number of nitrogen functional groups attached to an aromatic ring is 1. The Balaban J connectivity index is 2.40.